The zero-order chi connectivity index (χ0) is 26.2. The molecule has 2 aromatic heterocycles. The van der Waals surface area contributed by atoms with Gasteiger partial charge < -0.3 is 19.4 Å². The number of carbonyl (C=O) groups is 2. The molecule has 0 N–H and O–H groups in total. The largest absolute Gasteiger partial charge is 0.497 e. The number of aromatic nitrogens is 5. The maximum Gasteiger partial charge on any atom is 0.228 e. The average molecular weight is 517 g/mol. The van der Waals surface area contributed by atoms with Gasteiger partial charge in [-0.15, -0.1) is 5.10 Å². The molecule has 0 bridgehead atoms. The van der Waals surface area contributed by atoms with Crippen LogP contribution in [-0.4, -0.2) is 81.5 Å². The first-order valence-corrected chi connectivity index (χ1v) is 12.3. The number of fused-ring (bicyclic) bond motifs is 1. The molecule has 194 valence electrons. The maximum atomic E-state index is 13.6. The van der Waals surface area contributed by atoms with Gasteiger partial charge in [-0.2, -0.15) is 4.68 Å². The third kappa shape index (κ3) is 4.27. The first-order valence-electron chi connectivity index (χ1n) is 12.3. The summed E-state index contributed by atoms with van der Waals surface area (Å²) in [6.07, 6.45) is 1.61. The third-order valence-corrected chi connectivity index (χ3v) is 7.02. The number of amides is 2. The lowest BCUT2D eigenvalue weighted by molar-refractivity contribution is -0.136. The maximum absolute atomic E-state index is 13.6. The second-order valence-corrected chi connectivity index (χ2v) is 9.27. The number of hydrogen-bond donors (Lipinski definition) is 0. The van der Waals surface area contributed by atoms with Crippen molar-refractivity contribution in [3.63, 3.8) is 0 Å². The standard InChI is InChI=1S/C26H25FN8O3/c1-38-21-7-5-19(6-8-21)35-25-23(30-31-35)24(28-16-29-25)32-9-11-33(12-10-32)26(37)17-13-22(36)34(15-17)20-4-2-3-18(27)14-20/h2-8,14,16-17H,9-13,15H2,1H3. The van der Waals surface area contributed by atoms with Crippen molar-refractivity contribution in [2.24, 2.45) is 5.92 Å². The fraction of sp³-hybridized carbons (Fsp3) is 0.308. The quantitative estimate of drug-likeness (QED) is 0.397. The second-order valence-electron chi connectivity index (χ2n) is 9.27. The van der Waals surface area contributed by atoms with E-state index >= 15 is 0 Å². The molecule has 4 aromatic rings. The summed E-state index contributed by atoms with van der Waals surface area (Å²) in [5.41, 5.74) is 2.44. The predicted octanol–water partition coefficient (Wildman–Crippen LogP) is 2.06. The topological polar surface area (TPSA) is 110 Å². The minimum absolute atomic E-state index is 0.0600. The lowest BCUT2D eigenvalue weighted by Gasteiger charge is -2.36. The second kappa shape index (κ2) is 9.69. The van der Waals surface area contributed by atoms with Crippen LogP contribution in [0.4, 0.5) is 15.9 Å². The van der Waals surface area contributed by atoms with Crippen LogP contribution < -0.4 is 14.5 Å². The highest BCUT2D eigenvalue weighted by molar-refractivity contribution is 6.00. The Morgan fingerprint density at radius 2 is 1.82 bits per heavy atom. The van der Waals surface area contributed by atoms with Gasteiger partial charge in [0.25, 0.3) is 0 Å². The summed E-state index contributed by atoms with van der Waals surface area (Å²) in [5.74, 6) is 0.308. The Balaban J connectivity index is 1.14. The van der Waals surface area contributed by atoms with E-state index in [0.717, 1.165) is 11.4 Å². The molecule has 4 heterocycles. The molecule has 0 radical (unpaired) electrons. The molecular formula is C26H25FN8O3. The van der Waals surface area contributed by atoms with E-state index in [2.05, 4.69) is 25.2 Å². The molecular weight excluding hydrogens is 491 g/mol. The number of nitrogens with zero attached hydrogens (tertiary/aromatic N) is 8. The van der Waals surface area contributed by atoms with Crippen LogP contribution in [0.1, 0.15) is 6.42 Å². The zero-order valence-corrected chi connectivity index (χ0v) is 20.7. The number of methoxy groups -OCH3 is 1. The van der Waals surface area contributed by atoms with Crippen LogP contribution in [0.5, 0.6) is 5.75 Å². The van der Waals surface area contributed by atoms with Gasteiger partial charge in [0, 0.05) is 44.8 Å². The molecule has 38 heavy (non-hydrogen) atoms. The molecule has 2 aliphatic heterocycles. The third-order valence-electron chi connectivity index (χ3n) is 7.02. The van der Waals surface area contributed by atoms with E-state index < -0.39 is 11.7 Å². The molecule has 0 aliphatic carbocycles. The van der Waals surface area contributed by atoms with Gasteiger partial charge in [0.2, 0.25) is 11.8 Å². The van der Waals surface area contributed by atoms with Crippen LogP contribution in [0, 0.1) is 11.7 Å². The summed E-state index contributed by atoms with van der Waals surface area (Å²) >= 11 is 0. The first-order chi connectivity index (χ1) is 18.5. The van der Waals surface area contributed by atoms with E-state index in [9.17, 15) is 14.0 Å². The summed E-state index contributed by atoms with van der Waals surface area (Å²) < 4.78 is 20.5. The van der Waals surface area contributed by atoms with E-state index in [4.69, 9.17) is 4.74 Å². The van der Waals surface area contributed by atoms with Gasteiger partial charge in [-0.3, -0.25) is 9.59 Å². The predicted molar refractivity (Wildman–Crippen MR) is 137 cm³/mol. The molecule has 2 saturated heterocycles. The van der Waals surface area contributed by atoms with Gasteiger partial charge in [-0.25, -0.2) is 14.4 Å². The lowest BCUT2D eigenvalue weighted by Crippen LogP contribution is -2.51. The van der Waals surface area contributed by atoms with Gasteiger partial charge in [0.05, 0.1) is 18.7 Å². The van der Waals surface area contributed by atoms with E-state index in [1.54, 1.807) is 28.8 Å². The van der Waals surface area contributed by atoms with Crippen molar-refractivity contribution in [3.05, 3.63) is 60.7 Å². The van der Waals surface area contributed by atoms with Gasteiger partial charge >= 0.3 is 0 Å². The van der Waals surface area contributed by atoms with Crippen molar-refractivity contribution in [2.75, 3.05) is 49.6 Å². The smallest absolute Gasteiger partial charge is 0.228 e. The van der Waals surface area contributed by atoms with Gasteiger partial charge in [-0.05, 0) is 42.5 Å². The van der Waals surface area contributed by atoms with E-state index in [1.807, 2.05) is 24.3 Å². The van der Waals surface area contributed by atoms with Crippen molar-refractivity contribution in [1.29, 1.82) is 0 Å². The molecule has 2 fully saturated rings. The molecule has 12 heteroatoms. The van der Waals surface area contributed by atoms with E-state index in [1.165, 1.54) is 23.4 Å². The van der Waals surface area contributed by atoms with Crippen molar-refractivity contribution in [3.8, 4) is 11.4 Å². The number of hydrogen-bond acceptors (Lipinski definition) is 8. The molecule has 1 atom stereocenters. The minimum atomic E-state index is -0.451. The highest BCUT2D eigenvalue weighted by atomic mass is 19.1. The SMILES string of the molecule is COc1ccc(-n2nnc3c(N4CCN(C(=O)C5CC(=O)N(c6cccc(F)c6)C5)CC4)ncnc32)cc1. The number of halogens is 1. The van der Waals surface area contributed by atoms with Crippen LogP contribution in [0.15, 0.2) is 54.9 Å². The van der Waals surface area contributed by atoms with Crippen molar-refractivity contribution < 1.29 is 18.7 Å². The molecule has 0 spiro atoms. The van der Waals surface area contributed by atoms with Gasteiger partial charge in [0.15, 0.2) is 17.0 Å². The van der Waals surface area contributed by atoms with Gasteiger partial charge in [0.1, 0.15) is 17.9 Å². The number of ether oxygens (including phenoxy) is 1. The Labute approximate surface area is 217 Å². The molecule has 11 nitrogen and oxygen atoms in total. The Hall–Kier alpha value is -4.61. The normalized spacial score (nSPS) is 17.9. The van der Waals surface area contributed by atoms with Crippen molar-refractivity contribution >= 4 is 34.5 Å². The first kappa shape index (κ1) is 23.8. The molecule has 2 aromatic carbocycles. The number of anilines is 2. The van der Waals surface area contributed by atoms with E-state index in [-0.39, 0.29) is 24.8 Å². The molecule has 2 aliphatic rings. The Bertz CT molecular complexity index is 1500. The Kier molecular flexibility index (Phi) is 6.06. The van der Waals surface area contributed by atoms with Gasteiger partial charge in [-0.1, -0.05) is 11.3 Å². The Morgan fingerprint density at radius 3 is 2.55 bits per heavy atom. The van der Waals surface area contributed by atoms with Crippen LogP contribution in [0.3, 0.4) is 0 Å². The zero-order valence-electron chi connectivity index (χ0n) is 20.7. The summed E-state index contributed by atoms with van der Waals surface area (Å²) in [4.78, 5) is 40.0. The number of piperazine rings is 1. The molecule has 0 saturated carbocycles. The van der Waals surface area contributed by atoms with E-state index in [0.29, 0.717) is 48.8 Å². The number of rotatable bonds is 5. The fourth-order valence-corrected chi connectivity index (χ4v) is 5.03. The summed E-state index contributed by atoms with van der Waals surface area (Å²) in [7, 11) is 1.61. The van der Waals surface area contributed by atoms with Crippen molar-refractivity contribution in [1.82, 2.24) is 29.9 Å². The highest BCUT2D eigenvalue weighted by Gasteiger charge is 2.38. The lowest BCUT2D eigenvalue weighted by atomic mass is 10.1. The molecule has 2 amide bonds. The monoisotopic (exact) mass is 516 g/mol. The average Bonchev–Trinajstić information content (AvgIpc) is 3.56. The summed E-state index contributed by atoms with van der Waals surface area (Å²) in [5, 5.41) is 8.64. The Morgan fingerprint density at radius 1 is 1.03 bits per heavy atom. The van der Waals surface area contributed by atoms with Crippen LogP contribution in [0.25, 0.3) is 16.9 Å². The van der Waals surface area contributed by atoms with Crippen LogP contribution in [0.2, 0.25) is 0 Å². The number of benzene rings is 2. The molecule has 6 rings (SSSR count). The molecule has 1 unspecified atom stereocenters. The van der Waals surface area contributed by atoms with Crippen molar-refractivity contribution in [2.45, 2.75) is 6.42 Å². The minimum Gasteiger partial charge on any atom is -0.497 e. The van der Waals surface area contributed by atoms with Crippen LogP contribution >= 0.6 is 0 Å². The fourth-order valence-electron chi connectivity index (χ4n) is 5.03. The highest BCUT2D eigenvalue weighted by Crippen LogP contribution is 2.28. The summed E-state index contributed by atoms with van der Waals surface area (Å²) in [6.45, 7) is 2.34. The van der Waals surface area contributed by atoms with Crippen LogP contribution in [-0.2, 0) is 9.59 Å². The number of carbonyl (C=O) groups excluding carboxylic acids is 2. The summed E-state index contributed by atoms with van der Waals surface area (Å²) in [6, 6.07) is 13.3.